The second-order valence-electron chi connectivity index (χ2n) is 4.48. The standard InChI is InChI=1S/C15H18N2O2/c1-11-4-5-12(10-16)9-14(11)17-15(18)7-6-13-3-2-8-19-13/h2-5,8-9H,6-7,10,16H2,1H3,(H,17,18). The number of aryl methyl sites for hydroxylation is 2. The van der Waals surface area contributed by atoms with Crippen molar-refractivity contribution in [2.45, 2.75) is 26.3 Å². The van der Waals surface area contributed by atoms with Crippen LogP contribution in [0.3, 0.4) is 0 Å². The molecular formula is C15H18N2O2. The Kier molecular flexibility index (Phi) is 4.36. The van der Waals surface area contributed by atoms with Crippen LogP contribution in [0, 0.1) is 6.92 Å². The highest BCUT2D eigenvalue weighted by Gasteiger charge is 2.07. The van der Waals surface area contributed by atoms with Gasteiger partial charge in [0.25, 0.3) is 0 Å². The molecule has 0 fully saturated rings. The summed E-state index contributed by atoms with van der Waals surface area (Å²) in [5, 5.41) is 2.91. The third-order valence-corrected chi connectivity index (χ3v) is 2.99. The van der Waals surface area contributed by atoms with Crippen molar-refractivity contribution in [1.29, 1.82) is 0 Å². The van der Waals surface area contributed by atoms with Gasteiger partial charge in [-0.15, -0.1) is 0 Å². The number of hydrogen-bond donors (Lipinski definition) is 2. The smallest absolute Gasteiger partial charge is 0.224 e. The first kappa shape index (κ1) is 13.4. The van der Waals surface area contributed by atoms with Gasteiger partial charge in [-0.25, -0.2) is 0 Å². The number of benzene rings is 1. The van der Waals surface area contributed by atoms with E-state index in [-0.39, 0.29) is 5.91 Å². The van der Waals surface area contributed by atoms with Gasteiger partial charge in [-0.2, -0.15) is 0 Å². The third kappa shape index (κ3) is 3.69. The molecule has 2 rings (SSSR count). The minimum absolute atomic E-state index is 0.0197. The van der Waals surface area contributed by atoms with Gasteiger partial charge in [0.1, 0.15) is 5.76 Å². The molecule has 0 radical (unpaired) electrons. The van der Waals surface area contributed by atoms with Crippen LogP contribution in [0.1, 0.15) is 23.3 Å². The normalized spacial score (nSPS) is 10.4. The number of rotatable bonds is 5. The maximum atomic E-state index is 11.9. The minimum Gasteiger partial charge on any atom is -0.469 e. The molecule has 4 nitrogen and oxygen atoms in total. The summed E-state index contributed by atoms with van der Waals surface area (Å²) in [6.45, 7) is 2.43. The van der Waals surface area contributed by atoms with Crippen LogP contribution < -0.4 is 11.1 Å². The van der Waals surface area contributed by atoms with Crippen LogP contribution in [0.5, 0.6) is 0 Å². The zero-order valence-corrected chi connectivity index (χ0v) is 11.0. The van der Waals surface area contributed by atoms with Crippen molar-refractivity contribution >= 4 is 11.6 Å². The molecule has 2 aromatic rings. The molecule has 0 bridgehead atoms. The predicted molar refractivity (Wildman–Crippen MR) is 74.7 cm³/mol. The number of hydrogen-bond acceptors (Lipinski definition) is 3. The third-order valence-electron chi connectivity index (χ3n) is 2.99. The van der Waals surface area contributed by atoms with Crippen LogP contribution in [0.15, 0.2) is 41.0 Å². The Labute approximate surface area is 112 Å². The molecule has 1 amide bonds. The van der Waals surface area contributed by atoms with E-state index >= 15 is 0 Å². The van der Waals surface area contributed by atoms with Crippen molar-refractivity contribution < 1.29 is 9.21 Å². The summed E-state index contributed by atoms with van der Waals surface area (Å²) in [7, 11) is 0. The van der Waals surface area contributed by atoms with E-state index in [1.54, 1.807) is 6.26 Å². The number of carbonyl (C=O) groups is 1. The van der Waals surface area contributed by atoms with Gasteiger partial charge in [0.05, 0.1) is 6.26 Å². The lowest BCUT2D eigenvalue weighted by Gasteiger charge is -2.09. The monoisotopic (exact) mass is 258 g/mol. The SMILES string of the molecule is Cc1ccc(CN)cc1NC(=O)CCc1ccco1. The van der Waals surface area contributed by atoms with E-state index in [4.69, 9.17) is 10.2 Å². The predicted octanol–water partition coefficient (Wildman–Crippen LogP) is 2.62. The molecular weight excluding hydrogens is 240 g/mol. The number of carbonyl (C=O) groups excluding carboxylic acids is 1. The Bertz CT molecular complexity index is 547. The van der Waals surface area contributed by atoms with Crippen LogP contribution in [-0.2, 0) is 17.8 Å². The van der Waals surface area contributed by atoms with Crippen LogP contribution >= 0.6 is 0 Å². The summed E-state index contributed by atoms with van der Waals surface area (Å²) in [6.07, 6.45) is 2.62. The molecule has 1 aromatic heterocycles. The molecule has 0 saturated heterocycles. The Hall–Kier alpha value is -2.07. The quantitative estimate of drug-likeness (QED) is 0.866. The maximum absolute atomic E-state index is 11.9. The Morgan fingerprint density at radius 3 is 2.89 bits per heavy atom. The van der Waals surface area contributed by atoms with Gasteiger partial charge in [-0.05, 0) is 36.2 Å². The molecule has 1 aromatic carbocycles. The van der Waals surface area contributed by atoms with Gasteiger partial charge in [-0.1, -0.05) is 12.1 Å². The van der Waals surface area contributed by atoms with E-state index in [1.165, 1.54) is 0 Å². The number of anilines is 1. The van der Waals surface area contributed by atoms with Gasteiger partial charge >= 0.3 is 0 Å². The van der Waals surface area contributed by atoms with Gasteiger partial charge in [0.15, 0.2) is 0 Å². The number of nitrogens with two attached hydrogens (primary N) is 1. The fraction of sp³-hybridized carbons (Fsp3) is 0.267. The van der Waals surface area contributed by atoms with E-state index in [2.05, 4.69) is 5.32 Å². The maximum Gasteiger partial charge on any atom is 0.224 e. The van der Waals surface area contributed by atoms with Gasteiger partial charge in [0.2, 0.25) is 5.91 Å². The van der Waals surface area contributed by atoms with Crippen molar-refractivity contribution in [2.75, 3.05) is 5.32 Å². The number of nitrogens with one attached hydrogen (secondary N) is 1. The molecule has 0 aliphatic rings. The summed E-state index contributed by atoms with van der Waals surface area (Å²) in [4.78, 5) is 11.9. The second-order valence-corrected chi connectivity index (χ2v) is 4.48. The largest absolute Gasteiger partial charge is 0.469 e. The number of furan rings is 1. The lowest BCUT2D eigenvalue weighted by molar-refractivity contribution is -0.116. The average molecular weight is 258 g/mol. The van der Waals surface area contributed by atoms with Crippen LogP contribution in [0.2, 0.25) is 0 Å². The summed E-state index contributed by atoms with van der Waals surface area (Å²) >= 11 is 0. The molecule has 1 heterocycles. The van der Waals surface area contributed by atoms with E-state index in [0.29, 0.717) is 19.4 Å². The first-order valence-corrected chi connectivity index (χ1v) is 6.31. The first-order chi connectivity index (χ1) is 9.19. The van der Waals surface area contributed by atoms with Crippen molar-refractivity contribution in [3.05, 3.63) is 53.5 Å². The molecule has 0 unspecified atom stereocenters. The highest BCUT2D eigenvalue weighted by molar-refractivity contribution is 5.91. The summed E-state index contributed by atoms with van der Waals surface area (Å²) in [6, 6.07) is 9.54. The zero-order chi connectivity index (χ0) is 13.7. The van der Waals surface area contributed by atoms with Crippen molar-refractivity contribution in [3.8, 4) is 0 Å². The van der Waals surface area contributed by atoms with Crippen molar-refractivity contribution in [2.24, 2.45) is 5.73 Å². The Balaban J connectivity index is 1.94. The molecule has 0 atom stereocenters. The lowest BCUT2D eigenvalue weighted by atomic mass is 10.1. The second kappa shape index (κ2) is 6.20. The molecule has 0 aliphatic carbocycles. The zero-order valence-electron chi connectivity index (χ0n) is 11.0. The van der Waals surface area contributed by atoms with Crippen LogP contribution in [-0.4, -0.2) is 5.91 Å². The van der Waals surface area contributed by atoms with Gasteiger partial charge in [0, 0.05) is 25.1 Å². The molecule has 0 spiro atoms. The van der Waals surface area contributed by atoms with E-state index < -0.39 is 0 Å². The first-order valence-electron chi connectivity index (χ1n) is 6.31. The van der Waals surface area contributed by atoms with Crippen LogP contribution in [0.4, 0.5) is 5.69 Å². The summed E-state index contributed by atoms with van der Waals surface area (Å²) in [5.41, 5.74) is 8.46. The molecule has 100 valence electrons. The summed E-state index contributed by atoms with van der Waals surface area (Å²) < 4.78 is 5.20. The Morgan fingerprint density at radius 2 is 2.21 bits per heavy atom. The fourth-order valence-electron chi connectivity index (χ4n) is 1.84. The average Bonchev–Trinajstić information content (AvgIpc) is 2.92. The van der Waals surface area contributed by atoms with E-state index in [0.717, 1.165) is 22.6 Å². The van der Waals surface area contributed by atoms with E-state index in [1.807, 2.05) is 37.3 Å². The van der Waals surface area contributed by atoms with E-state index in [9.17, 15) is 4.79 Å². The molecule has 0 aliphatic heterocycles. The number of amides is 1. The van der Waals surface area contributed by atoms with Crippen LogP contribution in [0.25, 0.3) is 0 Å². The Morgan fingerprint density at radius 1 is 1.37 bits per heavy atom. The van der Waals surface area contributed by atoms with Gasteiger partial charge < -0.3 is 15.5 Å². The molecule has 0 saturated carbocycles. The highest BCUT2D eigenvalue weighted by Crippen LogP contribution is 2.17. The lowest BCUT2D eigenvalue weighted by Crippen LogP contribution is -2.13. The highest BCUT2D eigenvalue weighted by atomic mass is 16.3. The fourth-order valence-corrected chi connectivity index (χ4v) is 1.84. The van der Waals surface area contributed by atoms with Gasteiger partial charge in [-0.3, -0.25) is 4.79 Å². The summed E-state index contributed by atoms with van der Waals surface area (Å²) in [5.74, 6) is 0.802. The van der Waals surface area contributed by atoms with Crippen molar-refractivity contribution in [3.63, 3.8) is 0 Å². The molecule has 3 N–H and O–H groups in total. The molecule has 4 heteroatoms. The minimum atomic E-state index is -0.0197. The molecule has 19 heavy (non-hydrogen) atoms. The topological polar surface area (TPSA) is 68.3 Å². The van der Waals surface area contributed by atoms with Crippen molar-refractivity contribution in [1.82, 2.24) is 0 Å².